The molecule has 1 aromatic heterocycles. The molecule has 96 valence electrons. The minimum Gasteiger partial charge on any atom is -0.306 e. The Balaban J connectivity index is 2.44. The van der Waals surface area contributed by atoms with Crippen LogP contribution in [0.4, 0.5) is 0 Å². The van der Waals surface area contributed by atoms with Crippen LogP contribution in [0.15, 0.2) is 34.8 Å². The maximum absolute atomic E-state index is 6.04. The highest BCUT2D eigenvalue weighted by Crippen LogP contribution is 2.34. The minimum absolute atomic E-state index is 0.205. The first-order chi connectivity index (χ1) is 8.61. The Hall–Kier alpha value is 0.380. The molecule has 1 aromatic carbocycles. The van der Waals surface area contributed by atoms with Gasteiger partial charge in [0.15, 0.2) is 0 Å². The van der Waals surface area contributed by atoms with Crippen molar-refractivity contribution in [3.8, 4) is 0 Å². The van der Waals surface area contributed by atoms with Gasteiger partial charge in [0.05, 0.1) is 10.4 Å². The number of halogens is 3. The van der Waals surface area contributed by atoms with Gasteiger partial charge >= 0.3 is 0 Å². The molecule has 2 rings (SSSR count). The molecule has 0 aliphatic carbocycles. The molecule has 1 atom stereocenters. The van der Waals surface area contributed by atoms with Crippen molar-refractivity contribution in [3.63, 3.8) is 0 Å². The van der Waals surface area contributed by atoms with Crippen LogP contribution in [0.1, 0.15) is 23.4 Å². The lowest BCUT2D eigenvalue weighted by Crippen LogP contribution is -2.22. The van der Waals surface area contributed by atoms with Gasteiger partial charge in [0.2, 0.25) is 0 Å². The van der Waals surface area contributed by atoms with Gasteiger partial charge in [-0.2, -0.15) is 0 Å². The van der Waals surface area contributed by atoms with Crippen molar-refractivity contribution in [1.29, 1.82) is 0 Å². The van der Waals surface area contributed by atoms with E-state index in [1.165, 1.54) is 14.0 Å². The second kappa shape index (κ2) is 6.70. The average Bonchev–Trinajstić information content (AvgIpc) is 2.76. The van der Waals surface area contributed by atoms with Crippen LogP contribution in [0, 0.1) is 3.57 Å². The molecule has 0 fully saturated rings. The van der Waals surface area contributed by atoms with Crippen LogP contribution in [0.2, 0.25) is 4.34 Å². The summed E-state index contributed by atoms with van der Waals surface area (Å²) in [5.41, 5.74) is 1.28. The Morgan fingerprint density at radius 1 is 1.39 bits per heavy atom. The Morgan fingerprint density at radius 3 is 2.78 bits per heavy atom. The zero-order valence-electron chi connectivity index (χ0n) is 9.71. The molecular weight excluding hydrogens is 444 g/mol. The van der Waals surface area contributed by atoms with Crippen LogP contribution in [-0.2, 0) is 0 Å². The maximum Gasteiger partial charge on any atom is 0.0931 e. The van der Waals surface area contributed by atoms with Gasteiger partial charge in [-0.1, -0.05) is 34.5 Å². The van der Waals surface area contributed by atoms with Crippen LogP contribution >= 0.6 is 61.5 Å². The Kier molecular flexibility index (Phi) is 5.50. The van der Waals surface area contributed by atoms with E-state index in [4.69, 9.17) is 11.6 Å². The average molecular weight is 457 g/mol. The molecule has 0 bridgehead atoms. The Bertz CT molecular complexity index is 544. The summed E-state index contributed by atoms with van der Waals surface area (Å²) in [6, 6.07) is 10.6. The first kappa shape index (κ1) is 14.8. The summed E-state index contributed by atoms with van der Waals surface area (Å²) in [6.07, 6.45) is 0. The first-order valence-corrected chi connectivity index (χ1v) is 8.62. The summed E-state index contributed by atoms with van der Waals surface area (Å²) in [5, 5.41) is 3.52. The van der Waals surface area contributed by atoms with Crippen LogP contribution in [0.5, 0.6) is 0 Å². The molecule has 0 saturated heterocycles. The van der Waals surface area contributed by atoms with Crippen LogP contribution in [0.25, 0.3) is 0 Å². The molecule has 0 saturated carbocycles. The van der Waals surface area contributed by atoms with E-state index in [-0.39, 0.29) is 6.04 Å². The number of hydrogen-bond acceptors (Lipinski definition) is 2. The third-order valence-corrected chi connectivity index (χ3v) is 5.33. The highest BCUT2D eigenvalue weighted by molar-refractivity contribution is 14.1. The van der Waals surface area contributed by atoms with Crippen LogP contribution in [0.3, 0.4) is 0 Å². The fraction of sp³-hybridized carbons (Fsp3) is 0.231. The van der Waals surface area contributed by atoms with E-state index in [1.807, 2.05) is 6.07 Å². The van der Waals surface area contributed by atoms with Crippen LogP contribution in [-0.4, -0.2) is 6.54 Å². The normalized spacial score (nSPS) is 12.7. The number of benzene rings is 1. The van der Waals surface area contributed by atoms with Gasteiger partial charge in [0.25, 0.3) is 0 Å². The standard InChI is InChI=1S/C13H12BrClINS/c1-2-17-13(11-5-6-12(15)18-11)9-7-8(14)3-4-10(9)16/h3-7,13,17H,2H2,1H3. The minimum atomic E-state index is 0.205. The zero-order chi connectivity index (χ0) is 13.1. The van der Waals surface area contributed by atoms with Crippen molar-refractivity contribution in [2.75, 3.05) is 6.54 Å². The summed E-state index contributed by atoms with van der Waals surface area (Å²) < 4.78 is 3.19. The lowest BCUT2D eigenvalue weighted by atomic mass is 10.1. The second-order valence-corrected chi connectivity index (χ2v) is 7.62. The summed E-state index contributed by atoms with van der Waals surface area (Å²) in [6.45, 7) is 3.04. The van der Waals surface area contributed by atoms with Gasteiger partial charge in [-0.15, -0.1) is 11.3 Å². The predicted molar refractivity (Wildman–Crippen MR) is 91.7 cm³/mol. The SMILES string of the molecule is CCNC(c1ccc(Cl)s1)c1cc(Br)ccc1I. The van der Waals surface area contributed by atoms with Gasteiger partial charge in [-0.3, -0.25) is 0 Å². The number of hydrogen-bond donors (Lipinski definition) is 1. The highest BCUT2D eigenvalue weighted by Gasteiger charge is 2.17. The van der Waals surface area contributed by atoms with Gasteiger partial charge in [0.1, 0.15) is 0 Å². The smallest absolute Gasteiger partial charge is 0.0931 e. The van der Waals surface area contributed by atoms with Crippen molar-refractivity contribution in [2.24, 2.45) is 0 Å². The van der Waals surface area contributed by atoms with Crippen molar-refractivity contribution in [3.05, 3.63) is 53.2 Å². The molecule has 0 aliphatic heterocycles. The fourth-order valence-electron chi connectivity index (χ4n) is 1.79. The zero-order valence-corrected chi connectivity index (χ0v) is 15.0. The first-order valence-electron chi connectivity index (χ1n) is 5.55. The van der Waals surface area contributed by atoms with E-state index in [1.54, 1.807) is 11.3 Å². The third-order valence-electron chi connectivity index (χ3n) is 2.56. The van der Waals surface area contributed by atoms with Crippen LogP contribution < -0.4 is 5.32 Å². The summed E-state index contributed by atoms with van der Waals surface area (Å²) >= 11 is 13.6. The second-order valence-electron chi connectivity index (χ2n) is 3.80. The molecule has 1 unspecified atom stereocenters. The van der Waals surface area contributed by atoms with E-state index in [0.717, 1.165) is 15.4 Å². The third kappa shape index (κ3) is 3.48. The molecule has 0 radical (unpaired) electrons. The van der Waals surface area contributed by atoms with E-state index < -0.39 is 0 Å². The van der Waals surface area contributed by atoms with Gasteiger partial charge in [0, 0.05) is 12.9 Å². The quantitative estimate of drug-likeness (QED) is 0.602. The molecule has 1 heterocycles. The lowest BCUT2D eigenvalue weighted by molar-refractivity contribution is 0.637. The Morgan fingerprint density at radius 2 is 2.17 bits per heavy atom. The van der Waals surface area contributed by atoms with Gasteiger partial charge < -0.3 is 5.32 Å². The number of thiophene rings is 1. The molecule has 1 nitrogen and oxygen atoms in total. The van der Waals surface area contributed by atoms with Crippen molar-refractivity contribution in [2.45, 2.75) is 13.0 Å². The molecule has 0 aliphatic rings. The van der Waals surface area contributed by atoms with E-state index in [0.29, 0.717) is 0 Å². The molecule has 5 heteroatoms. The van der Waals surface area contributed by atoms with Crippen molar-refractivity contribution >= 4 is 61.5 Å². The number of rotatable bonds is 4. The van der Waals surface area contributed by atoms with Gasteiger partial charge in [-0.05, 0) is 65.0 Å². The lowest BCUT2D eigenvalue weighted by Gasteiger charge is -2.18. The van der Waals surface area contributed by atoms with E-state index >= 15 is 0 Å². The molecule has 2 aromatic rings. The van der Waals surface area contributed by atoms with E-state index in [2.05, 4.69) is 75.0 Å². The summed E-state index contributed by atoms with van der Waals surface area (Å²) in [5.74, 6) is 0. The van der Waals surface area contributed by atoms with Gasteiger partial charge in [-0.25, -0.2) is 0 Å². The molecule has 0 amide bonds. The number of nitrogens with one attached hydrogen (secondary N) is 1. The molecule has 0 spiro atoms. The van der Waals surface area contributed by atoms with E-state index in [9.17, 15) is 0 Å². The maximum atomic E-state index is 6.04. The highest BCUT2D eigenvalue weighted by atomic mass is 127. The topological polar surface area (TPSA) is 12.0 Å². The van der Waals surface area contributed by atoms with Crippen molar-refractivity contribution in [1.82, 2.24) is 5.32 Å². The molecular formula is C13H12BrClINS. The Labute approximate surface area is 138 Å². The predicted octanol–water partition coefficient (Wildman–Crippen LogP) is 5.47. The molecule has 1 N–H and O–H groups in total. The summed E-state index contributed by atoms with van der Waals surface area (Å²) in [7, 11) is 0. The molecule has 18 heavy (non-hydrogen) atoms. The fourth-order valence-corrected chi connectivity index (χ4v) is 3.97. The van der Waals surface area contributed by atoms with Crippen molar-refractivity contribution < 1.29 is 0 Å². The monoisotopic (exact) mass is 455 g/mol. The summed E-state index contributed by atoms with van der Waals surface area (Å²) in [4.78, 5) is 1.25. The largest absolute Gasteiger partial charge is 0.306 e.